The summed E-state index contributed by atoms with van der Waals surface area (Å²) in [7, 11) is 0. The SMILES string of the molecule is CCc1ncnn1/C=C/c1[nH]c2cc(C3CCC(N4CCC(F)C4)CC3)sc2c1C(C)C. The van der Waals surface area contributed by atoms with E-state index in [1.807, 2.05) is 22.2 Å². The molecule has 7 heteroatoms. The van der Waals surface area contributed by atoms with Gasteiger partial charge in [-0.25, -0.2) is 14.1 Å². The molecule has 1 N–H and O–H groups in total. The van der Waals surface area contributed by atoms with Gasteiger partial charge >= 0.3 is 0 Å². The van der Waals surface area contributed by atoms with Crippen molar-refractivity contribution in [3.05, 3.63) is 34.4 Å². The first-order chi connectivity index (χ1) is 15.5. The summed E-state index contributed by atoms with van der Waals surface area (Å²) in [6.07, 6.45) is 11.6. The van der Waals surface area contributed by atoms with Gasteiger partial charge in [-0.15, -0.1) is 11.3 Å². The zero-order valence-electron chi connectivity index (χ0n) is 19.4. The number of alkyl halides is 1. The number of aromatic nitrogens is 4. The predicted molar refractivity (Wildman–Crippen MR) is 131 cm³/mol. The van der Waals surface area contributed by atoms with Crippen LogP contribution in [-0.2, 0) is 6.42 Å². The van der Waals surface area contributed by atoms with Gasteiger partial charge in [-0.05, 0) is 61.6 Å². The highest BCUT2D eigenvalue weighted by Gasteiger charge is 2.32. The lowest BCUT2D eigenvalue weighted by Crippen LogP contribution is -2.36. The molecule has 172 valence electrons. The molecule has 2 fully saturated rings. The Hall–Kier alpha value is -1.99. The molecule has 1 saturated heterocycles. The maximum Gasteiger partial charge on any atom is 0.138 e. The Balaban J connectivity index is 1.33. The Labute approximate surface area is 193 Å². The molecule has 32 heavy (non-hydrogen) atoms. The molecule has 5 rings (SSSR count). The molecule has 2 aliphatic rings. The lowest BCUT2D eigenvalue weighted by atomic mass is 9.84. The van der Waals surface area contributed by atoms with Crippen molar-refractivity contribution in [1.82, 2.24) is 24.6 Å². The molecular formula is C25H34FN5S. The maximum atomic E-state index is 13.6. The Kier molecular flexibility index (Phi) is 6.21. The van der Waals surface area contributed by atoms with Crippen molar-refractivity contribution < 1.29 is 4.39 Å². The van der Waals surface area contributed by atoms with E-state index in [1.165, 1.54) is 52.0 Å². The van der Waals surface area contributed by atoms with Crippen molar-refractivity contribution in [3.63, 3.8) is 0 Å². The zero-order chi connectivity index (χ0) is 22.2. The van der Waals surface area contributed by atoms with Crippen LogP contribution in [0.3, 0.4) is 0 Å². The lowest BCUT2D eigenvalue weighted by Gasteiger charge is -2.34. The number of hydrogen-bond acceptors (Lipinski definition) is 4. The lowest BCUT2D eigenvalue weighted by molar-refractivity contribution is 0.170. The summed E-state index contributed by atoms with van der Waals surface area (Å²) in [4.78, 5) is 11.9. The zero-order valence-corrected chi connectivity index (χ0v) is 20.2. The first kappa shape index (κ1) is 21.8. The third-order valence-corrected chi connectivity index (χ3v) is 8.59. The highest BCUT2D eigenvalue weighted by atomic mass is 32.1. The number of nitrogens with one attached hydrogen (secondary N) is 1. The van der Waals surface area contributed by atoms with E-state index in [0.29, 0.717) is 24.4 Å². The van der Waals surface area contributed by atoms with E-state index in [-0.39, 0.29) is 0 Å². The first-order valence-electron chi connectivity index (χ1n) is 12.1. The van der Waals surface area contributed by atoms with Crippen molar-refractivity contribution in [1.29, 1.82) is 0 Å². The summed E-state index contributed by atoms with van der Waals surface area (Å²) in [5.41, 5.74) is 3.82. The van der Waals surface area contributed by atoms with Crippen LogP contribution in [0.5, 0.6) is 0 Å². The van der Waals surface area contributed by atoms with E-state index in [4.69, 9.17) is 0 Å². The second kappa shape index (κ2) is 9.10. The fourth-order valence-corrected chi connectivity index (χ4v) is 7.03. The van der Waals surface area contributed by atoms with Gasteiger partial charge in [-0.3, -0.25) is 4.90 Å². The molecular weight excluding hydrogens is 421 g/mol. The van der Waals surface area contributed by atoms with Gasteiger partial charge in [0.1, 0.15) is 18.3 Å². The van der Waals surface area contributed by atoms with Gasteiger partial charge in [-0.2, -0.15) is 5.10 Å². The largest absolute Gasteiger partial charge is 0.354 e. The third kappa shape index (κ3) is 4.17. The van der Waals surface area contributed by atoms with E-state index in [2.05, 4.69) is 52.9 Å². The minimum atomic E-state index is -0.610. The molecule has 3 aromatic heterocycles. The van der Waals surface area contributed by atoms with Gasteiger partial charge in [0.15, 0.2) is 0 Å². The number of aromatic amines is 1. The quantitative estimate of drug-likeness (QED) is 0.481. The minimum absolute atomic E-state index is 0.441. The molecule has 1 saturated carbocycles. The fraction of sp³-hybridized carbons (Fsp3) is 0.600. The maximum absolute atomic E-state index is 13.6. The highest BCUT2D eigenvalue weighted by Crippen LogP contribution is 2.43. The number of halogens is 1. The Morgan fingerprint density at radius 2 is 2.06 bits per heavy atom. The van der Waals surface area contributed by atoms with Crippen LogP contribution in [-0.4, -0.2) is 50.0 Å². The van der Waals surface area contributed by atoms with E-state index < -0.39 is 6.17 Å². The number of hydrogen-bond donors (Lipinski definition) is 1. The molecule has 0 bridgehead atoms. The van der Waals surface area contributed by atoms with Crippen LogP contribution in [0, 0.1) is 0 Å². The van der Waals surface area contributed by atoms with Crippen LogP contribution < -0.4 is 0 Å². The van der Waals surface area contributed by atoms with E-state index in [0.717, 1.165) is 25.2 Å². The normalized spacial score (nSPS) is 25.1. The Morgan fingerprint density at radius 3 is 2.75 bits per heavy atom. The molecule has 1 aliphatic heterocycles. The second-order valence-corrected chi connectivity index (χ2v) is 10.8. The molecule has 3 aromatic rings. The number of likely N-dealkylation sites (tertiary alicyclic amines) is 1. The molecule has 0 radical (unpaired) electrons. The summed E-state index contributed by atoms with van der Waals surface area (Å²) >= 11 is 1.97. The molecule has 1 aliphatic carbocycles. The fourth-order valence-electron chi connectivity index (χ4n) is 5.54. The molecule has 5 nitrogen and oxygen atoms in total. The van der Waals surface area contributed by atoms with Gasteiger partial charge in [-0.1, -0.05) is 20.8 Å². The predicted octanol–water partition coefficient (Wildman–Crippen LogP) is 6.20. The number of fused-ring (bicyclic) bond motifs is 1. The van der Waals surface area contributed by atoms with Gasteiger partial charge in [0.05, 0.1) is 10.2 Å². The van der Waals surface area contributed by atoms with E-state index in [1.54, 1.807) is 6.33 Å². The highest BCUT2D eigenvalue weighted by molar-refractivity contribution is 7.19. The summed E-state index contributed by atoms with van der Waals surface area (Å²) in [5, 5.41) is 4.32. The van der Waals surface area contributed by atoms with Crippen molar-refractivity contribution in [2.24, 2.45) is 0 Å². The molecule has 0 aromatic carbocycles. The van der Waals surface area contributed by atoms with Crippen molar-refractivity contribution >= 4 is 33.8 Å². The van der Waals surface area contributed by atoms with E-state index in [9.17, 15) is 4.39 Å². The van der Waals surface area contributed by atoms with Gasteiger partial charge in [0.2, 0.25) is 0 Å². The molecule has 1 unspecified atom stereocenters. The molecule has 4 heterocycles. The van der Waals surface area contributed by atoms with Gasteiger partial charge < -0.3 is 4.98 Å². The summed E-state index contributed by atoms with van der Waals surface area (Å²) < 4.78 is 16.9. The monoisotopic (exact) mass is 455 g/mol. The van der Waals surface area contributed by atoms with Gasteiger partial charge in [0, 0.05) is 42.3 Å². The van der Waals surface area contributed by atoms with Crippen molar-refractivity contribution in [2.45, 2.75) is 83.3 Å². The number of nitrogens with zero attached hydrogens (tertiary/aromatic N) is 4. The summed E-state index contributed by atoms with van der Waals surface area (Å²) in [5.74, 6) is 2.05. The van der Waals surface area contributed by atoms with Crippen molar-refractivity contribution in [3.8, 4) is 0 Å². The Bertz CT molecular complexity index is 1090. The average molecular weight is 456 g/mol. The minimum Gasteiger partial charge on any atom is -0.354 e. The third-order valence-electron chi connectivity index (χ3n) is 7.26. The standard InChI is InChI=1S/C25H34FN5S/c1-4-23-27-15-28-31(23)12-10-20-24(16(2)3)25-21(29-20)13-22(32-25)17-5-7-19(8-6-17)30-11-9-18(26)14-30/h10,12-13,15-19,29H,4-9,11,14H2,1-3H3/b12-10+. The second-order valence-electron chi connectivity index (χ2n) is 9.68. The van der Waals surface area contributed by atoms with Crippen LogP contribution in [0.1, 0.15) is 86.7 Å². The number of thiophene rings is 1. The topological polar surface area (TPSA) is 49.7 Å². The summed E-state index contributed by atoms with van der Waals surface area (Å²) in [6.45, 7) is 8.23. The van der Waals surface area contributed by atoms with Crippen LogP contribution in [0.4, 0.5) is 4.39 Å². The molecule has 0 amide bonds. The van der Waals surface area contributed by atoms with Crippen LogP contribution in [0.25, 0.3) is 22.5 Å². The van der Waals surface area contributed by atoms with Crippen LogP contribution >= 0.6 is 11.3 Å². The van der Waals surface area contributed by atoms with Crippen molar-refractivity contribution in [2.75, 3.05) is 13.1 Å². The number of aryl methyl sites for hydroxylation is 1. The smallest absolute Gasteiger partial charge is 0.138 e. The van der Waals surface area contributed by atoms with Crippen LogP contribution in [0.2, 0.25) is 0 Å². The van der Waals surface area contributed by atoms with E-state index >= 15 is 0 Å². The number of H-pyrrole nitrogens is 1. The Morgan fingerprint density at radius 1 is 1.25 bits per heavy atom. The van der Waals surface area contributed by atoms with Crippen LogP contribution in [0.15, 0.2) is 12.4 Å². The number of rotatable bonds is 6. The molecule has 1 atom stereocenters. The summed E-state index contributed by atoms with van der Waals surface area (Å²) in [6, 6.07) is 2.97. The first-order valence-corrected chi connectivity index (χ1v) is 12.9. The molecule has 0 spiro atoms. The van der Waals surface area contributed by atoms with Gasteiger partial charge in [0.25, 0.3) is 0 Å². The average Bonchev–Trinajstić information content (AvgIpc) is 3.55.